The highest BCUT2D eigenvalue weighted by Gasteiger charge is 2.20. The first-order chi connectivity index (χ1) is 8.57. The SMILES string of the molecule is Cc1ccsc1CNCCN1CCS(=O)(=O)CC1. The second kappa shape index (κ2) is 6.14. The van der Waals surface area contributed by atoms with Gasteiger partial charge in [0.15, 0.2) is 9.84 Å². The first-order valence-corrected chi connectivity index (χ1v) is 8.93. The molecule has 0 aliphatic carbocycles. The third-order valence-electron chi connectivity index (χ3n) is 3.30. The quantitative estimate of drug-likeness (QED) is 0.817. The first-order valence-electron chi connectivity index (χ1n) is 6.23. The van der Waals surface area contributed by atoms with Gasteiger partial charge in [0, 0.05) is 37.6 Å². The van der Waals surface area contributed by atoms with Crippen LogP contribution in [0.25, 0.3) is 0 Å². The zero-order chi connectivity index (χ0) is 13.0. The van der Waals surface area contributed by atoms with Gasteiger partial charge in [-0.05, 0) is 23.9 Å². The second-order valence-corrected chi connectivity index (χ2v) is 8.00. The minimum Gasteiger partial charge on any atom is -0.311 e. The van der Waals surface area contributed by atoms with Crippen LogP contribution < -0.4 is 5.32 Å². The Morgan fingerprint density at radius 3 is 2.72 bits per heavy atom. The highest BCUT2D eigenvalue weighted by atomic mass is 32.2. The van der Waals surface area contributed by atoms with Crippen LogP contribution in [0.3, 0.4) is 0 Å². The monoisotopic (exact) mass is 288 g/mol. The Hall–Kier alpha value is -0.430. The maximum absolute atomic E-state index is 11.3. The Morgan fingerprint density at radius 2 is 2.11 bits per heavy atom. The molecule has 0 aromatic carbocycles. The molecular weight excluding hydrogens is 268 g/mol. The summed E-state index contributed by atoms with van der Waals surface area (Å²) in [5.41, 5.74) is 1.34. The molecule has 1 aromatic rings. The van der Waals surface area contributed by atoms with Gasteiger partial charge in [-0.15, -0.1) is 11.3 Å². The van der Waals surface area contributed by atoms with Crippen molar-refractivity contribution in [1.29, 1.82) is 0 Å². The van der Waals surface area contributed by atoms with Gasteiger partial charge in [0.25, 0.3) is 0 Å². The molecule has 1 aliphatic rings. The van der Waals surface area contributed by atoms with Crippen molar-refractivity contribution in [2.45, 2.75) is 13.5 Å². The zero-order valence-electron chi connectivity index (χ0n) is 10.7. The molecule has 6 heteroatoms. The van der Waals surface area contributed by atoms with Gasteiger partial charge in [-0.1, -0.05) is 0 Å². The molecule has 0 spiro atoms. The van der Waals surface area contributed by atoms with E-state index in [1.807, 2.05) is 0 Å². The Balaban J connectivity index is 1.63. The molecule has 0 saturated carbocycles. The fraction of sp³-hybridized carbons (Fsp3) is 0.667. The van der Waals surface area contributed by atoms with Crippen LogP contribution in [0.5, 0.6) is 0 Å². The first kappa shape index (κ1) is 14.0. The van der Waals surface area contributed by atoms with Crippen molar-refractivity contribution >= 4 is 21.2 Å². The average molecular weight is 288 g/mol. The maximum Gasteiger partial charge on any atom is 0.152 e. The molecule has 0 amide bonds. The van der Waals surface area contributed by atoms with E-state index in [-0.39, 0.29) is 0 Å². The van der Waals surface area contributed by atoms with E-state index in [0.29, 0.717) is 24.6 Å². The van der Waals surface area contributed by atoms with Crippen LogP contribution in [0.15, 0.2) is 11.4 Å². The molecule has 2 heterocycles. The van der Waals surface area contributed by atoms with Crippen LogP contribution in [-0.4, -0.2) is 51.0 Å². The fourth-order valence-electron chi connectivity index (χ4n) is 2.00. The third-order valence-corrected chi connectivity index (χ3v) is 5.93. The van der Waals surface area contributed by atoms with Crippen molar-refractivity contribution in [2.75, 3.05) is 37.7 Å². The van der Waals surface area contributed by atoms with Gasteiger partial charge in [-0.2, -0.15) is 0 Å². The number of aryl methyl sites for hydroxylation is 1. The molecule has 0 unspecified atom stereocenters. The number of hydrogen-bond donors (Lipinski definition) is 1. The highest BCUT2D eigenvalue weighted by Crippen LogP contribution is 2.14. The molecule has 1 N–H and O–H groups in total. The molecule has 0 radical (unpaired) electrons. The largest absolute Gasteiger partial charge is 0.311 e. The van der Waals surface area contributed by atoms with E-state index in [0.717, 1.165) is 19.6 Å². The van der Waals surface area contributed by atoms with Gasteiger partial charge >= 0.3 is 0 Å². The van der Waals surface area contributed by atoms with Crippen molar-refractivity contribution in [1.82, 2.24) is 10.2 Å². The number of nitrogens with zero attached hydrogens (tertiary/aromatic N) is 1. The molecular formula is C12H20N2O2S2. The number of sulfone groups is 1. The summed E-state index contributed by atoms with van der Waals surface area (Å²) in [6.45, 7) is 6.25. The number of nitrogens with one attached hydrogen (secondary N) is 1. The van der Waals surface area contributed by atoms with Crippen LogP contribution in [0.4, 0.5) is 0 Å². The summed E-state index contributed by atoms with van der Waals surface area (Å²) in [6.07, 6.45) is 0. The second-order valence-electron chi connectivity index (χ2n) is 4.70. The van der Waals surface area contributed by atoms with Crippen LogP contribution in [0.2, 0.25) is 0 Å². The van der Waals surface area contributed by atoms with E-state index in [4.69, 9.17) is 0 Å². The Morgan fingerprint density at radius 1 is 1.39 bits per heavy atom. The smallest absolute Gasteiger partial charge is 0.152 e. The third kappa shape index (κ3) is 4.05. The van der Waals surface area contributed by atoms with Crippen LogP contribution in [-0.2, 0) is 16.4 Å². The molecule has 0 atom stereocenters. The predicted molar refractivity (Wildman–Crippen MR) is 75.9 cm³/mol. The molecule has 1 saturated heterocycles. The summed E-state index contributed by atoms with van der Waals surface area (Å²) in [7, 11) is -2.75. The lowest BCUT2D eigenvalue weighted by molar-refractivity contribution is 0.294. The summed E-state index contributed by atoms with van der Waals surface area (Å²) in [5.74, 6) is 0.633. The lowest BCUT2D eigenvalue weighted by Crippen LogP contribution is -2.43. The summed E-state index contributed by atoms with van der Waals surface area (Å²) >= 11 is 1.78. The fourth-order valence-corrected chi connectivity index (χ4v) is 4.15. The Kier molecular flexibility index (Phi) is 4.77. The normalized spacial score (nSPS) is 20.1. The van der Waals surface area contributed by atoms with Gasteiger partial charge in [-0.3, -0.25) is 0 Å². The van der Waals surface area contributed by atoms with E-state index < -0.39 is 9.84 Å². The highest BCUT2D eigenvalue weighted by molar-refractivity contribution is 7.91. The van der Waals surface area contributed by atoms with Crippen molar-refractivity contribution in [3.8, 4) is 0 Å². The minimum absolute atomic E-state index is 0.317. The zero-order valence-corrected chi connectivity index (χ0v) is 12.3. The van der Waals surface area contributed by atoms with E-state index >= 15 is 0 Å². The topological polar surface area (TPSA) is 49.4 Å². The van der Waals surface area contributed by atoms with Crippen LogP contribution >= 0.6 is 11.3 Å². The molecule has 18 heavy (non-hydrogen) atoms. The molecule has 0 bridgehead atoms. The van der Waals surface area contributed by atoms with Gasteiger partial charge in [0.2, 0.25) is 0 Å². The van der Waals surface area contributed by atoms with Crippen molar-refractivity contribution in [2.24, 2.45) is 0 Å². The van der Waals surface area contributed by atoms with E-state index in [1.165, 1.54) is 10.4 Å². The van der Waals surface area contributed by atoms with E-state index in [1.54, 1.807) is 11.3 Å². The lowest BCUT2D eigenvalue weighted by atomic mass is 10.3. The molecule has 4 nitrogen and oxygen atoms in total. The number of thiophene rings is 1. The summed E-state index contributed by atoms with van der Waals surface area (Å²) < 4.78 is 22.6. The Labute approximate surface area is 113 Å². The molecule has 1 fully saturated rings. The van der Waals surface area contributed by atoms with Gasteiger partial charge in [0.05, 0.1) is 11.5 Å². The number of hydrogen-bond acceptors (Lipinski definition) is 5. The van der Waals surface area contributed by atoms with E-state index in [9.17, 15) is 8.42 Å². The Bertz CT molecular complexity index is 468. The molecule has 2 rings (SSSR count). The van der Waals surface area contributed by atoms with Gasteiger partial charge < -0.3 is 10.2 Å². The minimum atomic E-state index is -2.75. The van der Waals surface area contributed by atoms with Crippen molar-refractivity contribution in [3.63, 3.8) is 0 Å². The predicted octanol–water partition coefficient (Wildman–Crippen LogP) is 0.877. The molecule has 1 aliphatic heterocycles. The van der Waals surface area contributed by atoms with Crippen LogP contribution in [0.1, 0.15) is 10.4 Å². The van der Waals surface area contributed by atoms with Gasteiger partial charge in [-0.25, -0.2) is 8.42 Å². The maximum atomic E-state index is 11.3. The standard InChI is InChI=1S/C12H20N2O2S2/c1-11-2-7-17-12(11)10-13-3-4-14-5-8-18(15,16)9-6-14/h2,7,13H,3-6,8-10H2,1H3. The average Bonchev–Trinajstić information content (AvgIpc) is 2.72. The van der Waals surface area contributed by atoms with Crippen LogP contribution in [0, 0.1) is 6.92 Å². The summed E-state index contributed by atoms with van der Waals surface area (Å²) in [5, 5.41) is 5.53. The van der Waals surface area contributed by atoms with E-state index in [2.05, 4.69) is 28.6 Å². The van der Waals surface area contributed by atoms with Crippen molar-refractivity contribution in [3.05, 3.63) is 21.9 Å². The number of rotatable bonds is 5. The molecule has 1 aromatic heterocycles. The van der Waals surface area contributed by atoms with Gasteiger partial charge in [0.1, 0.15) is 0 Å². The lowest BCUT2D eigenvalue weighted by Gasteiger charge is -2.26. The summed E-state index contributed by atoms with van der Waals surface area (Å²) in [4.78, 5) is 3.60. The molecule has 102 valence electrons. The van der Waals surface area contributed by atoms with Crippen molar-refractivity contribution < 1.29 is 8.42 Å². The summed E-state index contributed by atoms with van der Waals surface area (Å²) in [6, 6.07) is 2.14.